The van der Waals surface area contributed by atoms with Crippen LogP contribution in [0.4, 0.5) is 5.69 Å². The molecule has 10 nitrogen and oxygen atoms in total. The Kier molecular flexibility index (Phi) is 12.8. The van der Waals surface area contributed by atoms with E-state index in [1.807, 2.05) is 54.6 Å². The molecule has 4 aromatic rings. The van der Waals surface area contributed by atoms with Crippen molar-refractivity contribution in [3.8, 4) is 51.0 Å². The van der Waals surface area contributed by atoms with E-state index >= 15 is 0 Å². The normalized spacial score (nSPS) is 11.3. The Morgan fingerprint density at radius 1 is 0.647 bits per heavy atom. The second-order valence-electron chi connectivity index (χ2n) is 12.4. The lowest BCUT2D eigenvalue weighted by Gasteiger charge is -2.24. The molecule has 0 aliphatic carbocycles. The molecule has 4 rings (SSSR count). The molecule has 0 saturated carbocycles. The molecule has 12 heteroatoms. The molecule has 0 N–H and O–H groups in total. The third-order valence-electron chi connectivity index (χ3n) is 7.55. The van der Waals surface area contributed by atoms with Crippen molar-refractivity contribution in [3.05, 3.63) is 108 Å². The van der Waals surface area contributed by atoms with E-state index in [-0.39, 0.29) is 40.9 Å². The van der Waals surface area contributed by atoms with Gasteiger partial charge >= 0.3 is 20.2 Å². The Morgan fingerprint density at radius 3 is 1.76 bits per heavy atom. The van der Waals surface area contributed by atoms with Gasteiger partial charge in [0.2, 0.25) is 0 Å². The third-order valence-corrected chi connectivity index (χ3v) is 8.50. The van der Waals surface area contributed by atoms with Crippen molar-refractivity contribution in [2.45, 2.75) is 34.3 Å². The molecule has 0 bridgehead atoms. The average molecular weight is 736 g/mol. The first kappa shape index (κ1) is 38.9. The minimum absolute atomic E-state index is 0.109. The molecule has 0 saturated heterocycles. The van der Waals surface area contributed by atoms with Crippen LogP contribution in [0.3, 0.4) is 0 Å². The smallest absolute Gasteiger partial charge is 0.306 e. The predicted molar refractivity (Wildman–Crippen MR) is 203 cm³/mol. The SMILES string of the molecule is COc1cc(-c2ccc(N(CC=C(C)C)CC=C(C)C)cc2)c(OC)c(OS(C)(=O)=O)c1-c1ccc(OCc2ccccc2)c(OS(C)(=O)=O)c1. The maximum Gasteiger partial charge on any atom is 0.306 e. The van der Waals surface area contributed by atoms with E-state index < -0.39 is 20.2 Å². The van der Waals surface area contributed by atoms with E-state index in [1.54, 1.807) is 12.1 Å². The molecule has 0 aromatic heterocycles. The number of nitrogens with zero attached hydrogens (tertiary/aromatic N) is 1. The standard InChI is InChI=1S/C39H45NO9S2/c1-27(2)20-22-40(23-21-28(3)4)32-17-14-30(15-18-32)33-25-36(45-5)37(39(38(33)46-6)49-51(8,43)44)31-16-19-34(35(24-31)48-50(7,41)42)47-26-29-12-10-9-11-13-29/h9-21,24-25H,22-23,26H2,1-8H3. The van der Waals surface area contributed by atoms with E-state index in [1.165, 1.54) is 37.5 Å². The zero-order valence-electron chi connectivity index (χ0n) is 30.2. The van der Waals surface area contributed by atoms with Gasteiger partial charge in [-0.1, -0.05) is 71.8 Å². The molecule has 0 fully saturated rings. The van der Waals surface area contributed by atoms with Gasteiger partial charge in [-0.15, -0.1) is 0 Å². The highest BCUT2D eigenvalue weighted by Gasteiger charge is 2.27. The second-order valence-corrected chi connectivity index (χ2v) is 15.5. The summed E-state index contributed by atoms with van der Waals surface area (Å²) >= 11 is 0. The van der Waals surface area contributed by atoms with Gasteiger partial charge in [-0.2, -0.15) is 16.8 Å². The van der Waals surface area contributed by atoms with Crippen LogP contribution in [0.25, 0.3) is 22.3 Å². The highest BCUT2D eigenvalue weighted by atomic mass is 32.2. The number of methoxy groups -OCH3 is 2. The predicted octanol–water partition coefficient (Wildman–Crippen LogP) is 8.03. The fourth-order valence-electron chi connectivity index (χ4n) is 5.17. The molecule has 0 unspecified atom stereocenters. The first-order valence-electron chi connectivity index (χ1n) is 16.1. The first-order valence-corrected chi connectivity index (χ1v) is 19.7. The summed E-state index contributed by atoms with van der Waals surface area (Å²) in [6.07, 6.45) is 6.19. The lowest BCUT2D eigenvalue weighted by atomic mass is 9.96. The zero-order chi connectivity index (χ0) is 37.3. The molecule has 4 aromatic carbocycles. The molecule has 51 heavy (non-hydrogen) atoms. The number of ether oxygens (including phenoxy) is 3. The van der Waals surface area contributed by atoms with Crippen LogP contribution in [0.1, 0.15) is 33.3 Å². The van der Waals surface area contributed by atoms with Crippen LogP contribution in [0.2, 0.25) is 0 Å². The summed E-state index contributed by atoms with van der Waals surface area (Å²) in [5.41, 5.74) is 6.04. The van der Waals surface area contributed by atoms with Gasteiger partial charge in [-0.05, 0) is 74.7 Å². The number of anilines is 1. The van der Waals surface area contributed by atoms with Crippen LogP contribution in [0.15, 0.2) is 102 Å². The minimum atomic E-state index is -4.10. The fraction of sp³-hybridized carbons (Fsp3) is 0.282. The fourth-order valence-corrected chi connectivity index (χ4v) is 6.09. The molecule has 0 atom stereocenters. The summed E-state index contributed by atoms with van der Waals surface area (Å²) < 4.78 is 78.6. The third kappa shape index (κ3) is 11.0. The quantitative estimate of drug-likeness (QED) is 0.0827. The van der Waals surface area contributed by atoms with E-state index in [0.29, 0.717) is 16.7 Å². The number of allylic oxidation sites excluding steroid dienone is 2. The van der Waals surface area contributed by atoms with Crippen LogP contribution < -0.4 is 27.5 Å². The van der Waals surface area contributed by atoms with Crippen LogP contribution in [0, 0.1) is 0 Å². The van der Waals surface area contributed by atoms with Gasteiger partial charge in [0, 0.05) is 24.3 Å². The van der Waals surface area contributed by atoms with E-state index in [9.17, 15) is 16.8 Å². The summed E-state index contributed by atoms with van der Waals surface area (Å²) in [5, 5.41) is 0. The Morgan fingerprint density at radius 2 is 1.24 bits per heavy atom. The summed E-state index contributed by atoms with van der Waals surface area (Å²) in [6.45, 7) is 9.86. The monoisotopic (exact) mass is 735 g/mol. The molecular weight excluding hydrogens is 691 g/mol. The molecule has 0 radical (unpaired) electrons. The molecule has 0 spiro atoms. The van der Waals surface area contributed by atoms with Crippen molar-refractivity contribution in [1.82, 2.24) is 0 Å². The summed E-state index contributed by atoms with van der Waals surface area (Å²) in [7, 11) is -5.23. The maximum atomic E-state index is 12.7. The topological polar surface area (TPSA) is 118 Å². The van der Waals surface area contributed by atoms with Crippen LogP contribution in [0.5, 0.6) is 28.7 Å². The van der Waals surface area contributed by atoms with Crippen molar-refractivity contribution in [2.75, 3.05) is 44.7 Å². The lowest BCUT2D eigenvalue weighted by molar-refractivity contribution is 0.296. The van der Waals surface area contributed by atoms with Gasteiger partial charge in [0.05, 0.1) is 32.3 Å². The Balaban J connectivity index is 1.87. The van der Waals surface area contributed by atoms with Gasteiger partial charge in [0.1, 0.15) is 12.4 Å². The maximum absolute atomic E-state index is 12.7. The minimum Gasteiger partial charge on any atom is -0.496 e. The molecule has 0 amide bonds. The largest absolute Gasteiger partial charge is 0.496 e. The van der Waals surface area contributed by atoms with Crippen LogP contribution in [-0.2, 0) is 26.8 Å². The van der Waals surface area contributed by atoms with E-state index in [4.69, 9.17) is 22.6 Å². The summed E-state index contributed by atoms with van der Waals surface area (Å²) in [4.78, 5) is 2.24. The van der Waals surface area contributed by atoms with Gasteiger partial charge in [0.15, 0.2) is 23.0 Å². The Bertz CT molecular complexity index is 2080. The van der Waals surface area contributed by atoms with E-state index in [2.05, 4.69) is 44.7 Å². The highest BCUT2D eigenvalue weighted by molar-refractivity contribution is 7.86. The van der Waals surface area contributed by atoms with E-state index in [0.717, 1.165) is 36.9 Å². The zero-order valence-corrected chi connectivity index (χ0v) is 31.9. The average Bonchev–Trinajstić information content (AvgIpc) is 3.06. The van der Waals surface area contributed by atoms with Gasteiger partial charge in [0.25, 0.3) is 0 Å². The van der Waals surface area contributed by atoms with Crippen molar-refractivity contribution in [1.29, 1.82) is 0 Å². The van der Waals surface area contributed by atoms with Crippen molar-refractivity contribution < 1.29 is 39.4 Å². The molecular formula is C39H45NO9S2. The molecule has 0 aliphatic rings. The van der Waals surface area contributed by atoms with Crippen molar-refractivity contribution in [3.63, 3.8) is 0 Å². The van der Waals surface area contributed by atoms with Crippen LogP contribution >= 0.6 is 0 Å². The van der Waals surface area contributed by atoms with Crippen molar-refractivity contribution >= 4 is 25.9 Å². The summed E-state index contributed by atoms with van der Waals surface area (Å²) in [6, 6.07) is 23.5. The summed E-state index contributed by atoms with van der Waals surface area (Å²) in [5.74, 6) is 0.276. The number of rotatable bonds is 16. The van der Waals surface area contributed by atoms with Gasteiger partial charge < -0.3 is 27.5 Å². The number of hydrogen-bond acceptors (Lipinski definition) is 10. The molecule has 272 valence electrons. The molecule has 0 heterocycles. The Hall–Kier alpha value is -4.94. The number of hydrogen-bond donors (Lipinski definition) is 0. The lowest BCUT2D eigenvalue weighted by Crippen LogP contribution is -2.23. The highest BCUT2D eigenvalue weighted by Crippen LogP contribution is 2.52. The molecule has 0 aliphatic heterocycles. The number of benzene rings is 4. The van der Waals surface area contributed by atoms with Gasteiger partial charge in [-0.3, -0.25) is 0 Å². The van der Waals surface area contributed by atoms with Gasteiger partial charge in [-0.25, -0.2) is 0 Å². The second kappa shape index (κ2) is 16.8. The Labute approximate surface area is 302 Å². The van der Waals surface area contributed by atoms with Crippen molar-refractivity contribution in [2.24, 2.45) is 0 Å². The van der Waals surface area contributed by atoms with Crippen LogP contribution in [-0.4, -0.2) is 56.7 Å². The first-order chi connectivity index (χ1) is 24.1.